The first-order chi connectivity index (χ1) is 8.75. The highest BCUT2D eigenvalue weighted by Crippen LogP contribution is 2.04. The molecule has 0 unspecified atom stereocenters. The molecular weight excluding hydrogens is 264 g/mol. The Hall–Kier alpha value is -0.170. The zero-order chi connectivity index (χ0) is 14.9. The second kappa shape index (κ2) is 9.69. The highest BCUT2D eigenvalue weighted by Gasteiger charge is 2.17. The largest absolute Gasteiger partial charge is 0.380 e. The van der Waals surface area contributed by atoms with Gasteiger partial charge in [-0.3, -0.25) is 0 Å². The Balaban J connectivity index is 3.70. The fourth-order valence-corrected chi connectivity index (χ4v) is 2.97. The lowest BCUT2D eigenvalue weighted by molar-refractivity contribution is 0.135. The second-order valence-corrected chi connectivity index (χ2v) is 7.76. The molecule has 0 spiro atoms. The minimum absolute atomic E-state index is 0.161. The van der Waals surface area contributed by atoms with E-state index in [9.17, 15) is 8.42 Å². The van der Waals surface area contributed by atoms with Crippen molar-refractivity contribution in [1.29, 1.82) is 0 Å². The van der Waals surface area contributed by atoms with E-state index in [0.29, 0.717) is 38.1 Å². The Labute approximate surface area is 118 Å². The van der Waals surface area contributed by atoms with Crippen molar-refractivity contribution in [3.63, 3.8) is 0 Å². The standard InChI is InChI=1S/C13H30N2O3S/c1-12(2)11-15(5)19(16,17)10-6-8-18-9-7-14-13(3)4/h12-14H,6-11H2,1-5H3. The molecule has 0 aromatic carbocycles. The topological polar surface area (TPSA) is 58.6 Å². The Morgan fingerprint density at radius 1 is 1.16 bits per heavy atom. The van der Waals surface area contributed by atoms with E-state index < -0.39 is 10.0 Å². The van der Waals surface area contributed by atoms with Gasteiger partial charge in [0.2, 0.25) is 10.0 Å². The van der Waals surface area contributed by atoms with E-state index in [2.05, 4.69) is 19.2 Å². The molecule has 116 valence electrons. The van der Waals surface area contributed by atoms with Gasteiger partial charge >= 0.3 is 0 Å². The van der Waals surface area contributed by atoms with Crippen LogP contribution < -0.4 is 5.32 Å². The minimum atomic E-state index is -3.12. The normalized spacial score (nSPS) is 12.8. The molecule has 0 rings (SSSR count). The lowest BCUT2D eigenvalue weighted by Gasteiger charge is -2.19. The quantitative estimate of drug-likeness (QED) is 0.584. The lowest BCUT2D eigenvalue weighted by Crippen LogP contribution is -2.32. The zero-order valence-corrected chi connectivity index (χ0v) is 13.8. The van der Waals surface area contributed by atoms with E-state index in [0.717, 1.165) is 6.54 Å². The highest BCUT2D eigenvalue weighted by molar-refractivity contribution is 7.89. The van der Waals surface area contributed by atoms with Crippen LogP contribution in [0.3, 0.4) is 0 Å². The van der Waals surface area contributed by atoms with Gasteiger partial charge in [-0.15, -0.1) is 0 Å². The molecule has 0 atom stereocenters. The molecule has 0 amide bonds. The van der Waals surface area contributed by atoms with E-state index in [-0.39, 0.29) is 5.75 Å². The third kappa shape index (κ3) is 10.3. The van der Waals surface area contributed by atoms with Crippen molar-refractivity contribution >= 4 is 10.0 Å². The highest BCUT2D eigenvalue weighted by atomic mass is 32.2. The zero-order valence-electron chi connectivity index (χ0n) is 13.0. The molecule has 0 aromatic heterocycles. The molecule has 19 heavy (non-hydrogen) atoms. The molecular formula is C13H30N2O3S. The van der Waals surface area contributed by atoms with Gasteiger partial charge in [0.25, 0.3) is 0 Å². The summed E-state index contributed by atoms with van der Waals surface area (Å²) in [5.74, 6) is 0.506. The van der Waals surface area contributed by atoms with Crippen LogP contribution >= 0.6 is 0 Å². The monoisotopic (exact) mass is 294 g/mol. The van der Waals surface area contributed by atoms with Crippen LogP contribution in [0.15, 0.2) is 0 Å². The molecule has 0 fully saturated rings. The Kier molecular flexibility index (Phi) is 9.60. The lowest BCUT2D eigenvalue weighted by atomic mass is 10.2. The molecule has 0 heterocycles. The number of hydrogen-bond acceptors (Lipinski definition) is 4. The van der Waals surface area contributed by atoms with Crippen LogP contribution in [0.4, 0.5) is 0 Å². The summed E-state index contributed by atoms with van der Waals surface area (Å²) in [4.78, 5) is 0. The van der Waals surface area contributed by atoms with Crippen LogP contribution in [-0.4, -0.2) is 57.9 Å². The van der Waals surface area contributed by atoms with Crippen molar-refractivity contribution in [2.75, 3.05) is 39.1 Å². The molecule has 0 aromatic rings. The van der Waals surface area contributed by atoms with Crippen molar-refractivity contribution in [3.05, 3.63) is 0 Å². The van der Waals surface area contributed by atoms with Gasteiger partial charge in [0.05, 0.1) is 12.4 Å². The predicted molar refractivity (Wildman–Crippen MR) is 79.8 cm³/mol. The number of nitrogens with one attached hydrogen (secondary N) is 1. The first kappa shape index (κ1) is 18.8. The summed E-state index contributed by atoms with van der Waals surface area (Å²) < 4.78 is 30.6. The summed E-state index contributed by atoms with van der Waals surface area (Å²) in [7, 11) is -1.48. The van der Waals surface area contributed by atoms with Crippen molar-refractivity contribution in [2.24, 2.45) is 5.92 Å². The number of sulfonamides is 1. The summed E-state index contributed by atoms with van der Waals surface area (Å²) in [5.41, 5.74) is 0. The molecule has 6 heteroatoms. The Morgan fingerprint density at radius 3 is 2.32 bits per heavy atom. The van der Waals surface area contributed by atoms with E-state index in [4.69, 9.17) is 4.74 Å². The third-order valence-electron chi connectivity index (χ3n) is 2.59. The van der Waals surface area contributed by atoms with E-state index in [1.54, 1.807) is 7.05 Å². The summed E-state index contributed by atoms with van der Waals surface area (Å²) in [6.45, 7) is 10.7. The van der Waals surface area contributed by atoms with Gasteiger partial charge in [0.15, 0.2) is 0 Å². The minimum Gasteiger partial charge on any atom is -0.380 e. The number of hydrogen-bond donors (Lipinski definition) is 1. The van der Waals surface area contributed by atoms with Crippen LogP contribution in [0, 0.1) is 5.92 Å². The van der Waals surface area contributed by atoms with E-state index in [1.165, 1.54) is 4.31 Å². The first-order valence-corrected chi connectivity index (χ1v) is 8.61. The molecule has 0 saturated heterocycles. The van der Waals surface area contributed by atoms with Crippen LogP contribution in [0.2, 0.25) is 0 Å². The molecule has 0 aliphatic heterocycles. The van der Waals surface area contributed by atoms with Crippen LogP contribution in [0.1, 0.15) is 34.1 Å². The third-order valence-corrected chi connectivity index (χ3v) is 4.49. The van der Waals surface area contributed by atoms with Crippen LogP contribution in [0.5, 0.6) is 0 Å². The summed E-state index contributed by atoms with van der Waals surface area (Å²) in [6, 6.07) is 0.452. The maximum absolute atomic E-state index is 11.9. The predicted octanol–water partition coefficient (Wildman–Crippen LogP) is 1.31. The Morgan fingerprint density at radius 2 is 1.79 bits per heavy atom. The second-order valence-electron chi connectivity index (χ2n) is 5.57. The first-order valence-electron chi connectivity index (χ1n) is 7.01. The fraction of sp³-hybridized carbons (Fsp3) is 1.00. The summed E-state index contributed by atoms with van der Waals surface area (Å²) in [5, 5.41) is 3.24. The van der Waals surface area contributed by atoms with Gasteiger partial charge in [-0.05, 0) is 12.3 Å². The van der Waals surface area contributed by atoms with Gasteiger partial charge in [-0.1, -0.05) is 27.7 Å². The van der Waals surface area contributed by atoms with Gasteiger partial charge < -0.3 is 10.1 Å². The molecule has 0 bridgehead atoms. The van der Waals surface area contributed by atoms with Crippen molar-refractivity contribution in [3.8, 4) is 0 Å². The van der Waals surface area contributed by atoms with Crippen LogP contribution in [0.25, 0.3) is 0 Å². The van der Waals surface area contributed by atoms with Crippen molar-refractivity contribution in [2.45, 2.75) is 40.2 Å². The molecule has 0 saturated carbocycles. The average Bonchev–Trinajstić information content (AvgIpc) is 2.26. The van der Waals surface area contributed by atoms with Crippen LogP contribution in [-0.2, 0) is 14.8 Å². The van der Waals surface area contributed by atoms with E-state index in [1.807, 2.05) is 13.8 Å². The smallest absolute Gasteiger partial charge is 0.213 e. The van der Waals surface area contributed by atoms with Crippen molar-refractivity contribution < 1.29 is 13.2 Å². The molecule has 0 aliphatic carbocycles. The average molecular weight is 294 g/mol. The molecule has 1 N–H and O–H groups in total. The number of rotatable bonds is 11. The molecule has 0 radical (unpaired) electrons. The summed E-state index contributed by atoms with van der Waals surface area (Å²) in [6.07, 6.45) is 0.548. The summed E-state index contributed by atoms with van der Waals surface area (Å²) >= 11 is 0. The maximum atomic E-state index is 11.9. The Bertz CT molecular complexity index is 316. The number of ether oxygens (including phenoxy) is 1. The van der Waals surface area contributed by atoms with E-state index >= 15 is 0 Å². The van der Waals surface area contributed by atoms with Gasteiger partial charge in [-0.25, -0.2) is 12.7 Å². The van der Waals surface area contributed by atoms with Gasteiger partial charge in [-0.2, -0.15) is 0 Å². The van der Waals surface area contributed by atoms with Gasteiger partial charge in [0.1, 0.15) is 0 Å². The SMILES string of the molecule is CC(C)CN(C)S(=O)(=O)CCCOCCNC(C)C. The van der Waals surface area contributed by atoms with Crippen molar-refractivity contribution in [1.82, 2.24) is 9.62 Å². The molecule has 5 nitrogen and oxygen atoms in total. The maximum Gasteiger partial charge on any atom is 0.213 e. The molecule has 0 aliphatic rings. The fourth-order valence-electron chi connectivity index (χ4n) is 1.65. The van der Waals surface area contributed by atoms with Gasteiger partial charge in [0, 0.05) is 32.8 Å². The number of nitrogens with zero attached hydrogens (tertiary/aromatic N) is 1.